The van der Waals surface area contributed by atoms with E-state index in [0.717, 1.165) is 60.2 Å². The van der Waals surface area contributed by atoms with E-state index < -0.39 is 0 Å². The highest BCUT2D eigenvalue weighted by molar-refractivity contribution is 5.11. The van der Waals surface area contributed by atoms with Gasteiger partial charge in [0, 0.05) is 0 Å². The second-order valence-electron chi connectivity index (χ2n) is 12.9. The van der Waals surface area contributed by atoms with Gasteiger partial charge in [0.25, 0.3) is 0 Å². The molecule has 0 heterocycles. The van der Waals surface area contributed by atoms with E-state index >= 15 is 0 Å². The Bertz CT molecular complexity index is 622. The van der Waals surface area contributed by atoms with Crippen molar-refractivity contribution < 1.29 is 5.11 Å². The van der Waals surface area contributed by atoms with Crippen LogP contribution in [-0.4, -0.2) is 11.2 Å². The molecule has 4 aliphatic carbocycles. The minimum absolute atomic E-state index is 0.0187. The van der Waals surface area contributed by atoms with E-state index in [1.807, 2.05) is 0 Å². The summed E-state index contributed by atoms with van der Waals surface area (Å²) in [7, 11) is 0. The van der Waals surface area contributed by atoms with Gasteiger partial charge in [-0.3, -0.25) is 0 Å². The number of aliphatic hydroxyl groups is 1. The summed E-state index contributed by atoms with van der Waals surface area (Å²) in [6.45, 7) is 14.9. The van der Waals surface area contributed by atoms with Crippen LogP contribution in [0.2, 0.25) is 0 Å². The summed E-state index contributed by atoms with van der Waals surface area (Å²) < 4.78 is 0. The fraction of sp³-hybridized carbons (Fsp3) is 0.931. The predicted molar refractivity (Wildman–Crippen MR) is 128 cm³/mol. The first kappa shape index (κ1) is 22.9. The lowest BCUT2D eigenvalue weighted by Crippen LogP contribution is -2.54. The zero-order valence-electron chi connectivity index (χ0n) is 20.9. The summed E-state index contributed by atoms with van der Waals surface area (Å²) in [6.07, 6.45) is 18.5. The van der Waals surface area contributed by atoms with Crippen molar-refractivity contribution in [3.63, 3.8) is 0 Å². The van der Waals surface area contributed by atoms with Crippen LogP contribution in [0.25, 0.3) is 0 Å². The van der Waals surface area contributed by atoms with E-state index in [1.165, 1.54) is 51.4 Å². The Morgan fingerprint density at radius 3 is 2.27 bits per heavy atom. The zero-order chi connectivity index (χ0) is 21.7. The normalized spacial score (nSPS) is 48.3. The van der Waals surface area contributed by atoms with Crippen LogP contribution in [-0.2, 0) is 0 Å². The quantitative estimate of drug-likeness (QED) is 0.454. The Kier molecular flexibility index (Phi) is 6.53. The number of aliphatic hydroxyl groups excluding tert-OH is 1. The molecular formula is C29H50O. The third-order valence-electron chi connectivity index (χ3n) is 11.3. The maximum atomic E-state index is 10.3. The average Bonchev–Trinajstić information content (AvgIpc) is 3.06. The van der Waals surface area contributed by atoms with Gasteiger partial charge in [-0.2, -0.15) is 0 Å². The van der Waals surface area contributed by atoms with Crippen molar-refractivity contribution in [2.24, 2.45) is 58.2 Å². The van der Waals surface area contributed by atoms with Crippen LogP contribution in [0.1, 0.15) is 106 Å². The Morgan fingerprint density at radius 1 is 0.867 bits per heavy atom. The van der Waals surface area contributed by atoms with Gasteiger partial charge in [-0.05, 0) is 122 Å². The standard InChI is InChI=1S/C29H50O/c1-7-21(19(2)3)9-8-20(4)25-12-13-26-24-11-10-22-18-23(30)14-16-28(22,5)27(24)15-17-29(25,26)6/h8-9,19-27,30H,7,10-18H2,1-6H3/b9-8+/t20-,21+,22+,23-,24+,25-,26+,27+,28+,29-/m1/s1. The van der Waals surface area contributed by atoms with Gasteiger partial charge in [-0.25, -0.2) is 0 Å². The molecule has 4 fully saturated rings. The van der Waals surface area contributed by atoms with Crippen LogP contribution in [0.3, 0.4) is 0 Å². The molecule has 0 unspecified atom stereocenters. The lowest BCUT2D eigenvalue weighted by Gasteiger charge is -2.61. The Balaban J connectivity index is 1.49. The number of fused-ring (bicyclic) bond motifs is 5. The molecule has 0 bridgehead atoms. The number of rotatable bonds is 5. The molecule has 1 nitrogen and oxygen atoms in total. The molecule has 0 aromatic rings. The molecule has 1 N–H and O–H groups in total. The van der Waals surface area contributed by atoms with E-state index in [2.05, 4.69) is 53.7 Å². The van der Waals surface area contributed by atoms with Crippen LogP contribution in [0.4, 0.5) is 0 Å². The molecule has 0 radical (unpaired) electrons. The van der Waals surface area contributed by atoms with Gasteiger partial charge in [0.2, 0.25) is 0 Å². The van der Waals surface area contributed by atoms with Crippen LogP contribution in [0, 0.1) is 58.2 Å². The molecule has 1 heteroatoms. The molecule has 0 aromatic heterocycles. The number of allylic oxidation sites excluding steroid dienone is 2. The highest BCUT2D eigenvalue weighted by Crippen LogP contribution is 2.68. The maximum Gasteiger partial charge on any atom is 0.0543 e. The van der Waals surface area contributed by atoms with Crippen molar-refractivity contribution >= 4 is 0 Å². The summed E-state index contributed by atoms with van der Waals surface area (Å²) in [5.41, 5.74) is 1.07. The summed E-state index contributed by atoms with van der Waals surface area (Å²) in [5, 5.41) is 10.3. The first-order valence-electron chi connectivity index (χ1n) is 13.6. The van der Waals surface area contributed by atoms with Gasteiger partial charge >= 0.3 is 0 Å². The monoisotopic (exact) mass is 414 g/mol. The molecule has 0 saturated heterocycles. The summed E-state index contributed by atoms with van der Waals surface area (Å²) in [5.74, 6) is 6.72. The van der Waals surface area contributed by atoms with Gasteiger partial charge in [0.05, 0.1) is 6.10 Å². The van der Waals surface area contributed by atoms with E-state index in [4.69, 9.17) is 0 Å². The van der Waals surface area contributed by atoms with Gasteiger partial charge in [-0.15, -0.1) is 0 Å². The van der Waals surface area contributed by atoms with E-state index in [0.29, 0.717) is 10.8 Å². The van der Waals surface area contributed by atoms with E-state index in [9.17, 15) is 5.11 Å². The van der Waals surface area contributed by atoms with Crippen LogP contribution in [0.5, 0.6) is 0 Å². The fourth-order valence-electron chi connectivity index (χ4n) is 9.42. The maximum absolute atomic E-state index is 10.3. The second-order valence-corrected chi connectivity index (χ2v) is 12.9. The van der Waals surface area contributed by atoms with Crippen LogP contribution >= 0.6 is 0 Å². The first-order valence-corrected chi connectivity index (χ1v) is 13.6. The smallest absolute Gasteiger partial charge is 0.0543 e. The molecule has 0 aromatic carbocycles. The molecule has 4 rings (SSSR count). The van der Waals surface area contributed by atoms with Crippen molar-refractivity contribution in [2.75, 3.05) is 0 Å². The third-order valence-corrected chi connectivity index (χ3v) is 11.3. The van der Waals surface area contributed by atoms with E-state index in [1.54, 1.807) is 0 Å². The largest absolute Gasteiger partial charge is 0.393 e. The highest BCUT2D eigenvalue weighted by atomic mass is 16.3. The van der Waals surface area contributed by atoms with Gasteiger partial charge < -0.3 is 5.11 Å². The summed E-state index contributed by atoms with van der Waals surface area (Å²) in [6, 6.07) is 0. The third kappa shape index (κ3) is 3.74. The topological polar surface area (TPSA) is 20.2 Å². The van der Waals surface area contributed by atoms with Gasteiger partial charge in [-0.1, -0.05) is 53.7 Å². The first-order chi connectivity index (χ1) is 14.2. The fourth-order valence-corrected chi connectivity index (χ4v) is 9.42. The highest BCUT2D eigenvalue weighted by Gasteiger charge is 2.60. The minimum Gasteiger partial charge on any atom is -0.393 e. The molecule has 0 spiro atoms. The Hall–Kier alpha value is -0.300. The SMILES string of the molecule is CC[C@@H](/C=C/[C@@H](C)[C@H]1CC[C@H]2[C@@H]3CC[C@H]4C[C@H](O)CC[C@]4(C)[C@H]3CC[C@]12C)C(C)C. The molecular weight excluding hydrogens is 364 g/mol. The lowest BCUT2D eigenvalue weighted by atomic mass is 9.44. The average molecular weight is 415 g/mol. The van der Waals surface area contributed by atoms with Crippen molar-refractivity contribution in [3.8, 4) is 0 Å². The number of hydrogen-bond donors (Lipinski definition) is 1. The van der Waals surface area contributed by atoms with Crippen molar-refractivity contribution in [1.82, 2.24) is 0 Å². The lowest BCUT2D eigenvalue weighted by molar-refractivity contribution is -0.128. The molecule has 4 saturated carbocycles. The molecule has 4 aliphatic rings. The summed E-state index contributed by atoms with van der Waals surface area (Å²) >= 11 is 0. The van der Waals surface area contributed by atoms with Crippen molar-refractivity contribution in [2.45, 2.75) is 112 Å². The van der Waals surface area contributed by atoms with Crippen molar-refractivity contribution in [3.05, 3.63) is 12.2 Å². The Labute approximate surface area is 187 Å². The summed E-state index contributed by atoms with van der Waals surface area (Å²) in [4.78, 5) is 0. The van der Waals surface area contributed by atoms with Crippen molar-refractivity contribution in [1.29, 1.82) is 0 Å². The Morgan fingerprint density at radius 2 is 1.57 bits per heavy atom. The van der Waals surface area contributed by atoms with Crippen LogP contribution < -0.4 is 0 Å². The van der Waals surface area contributed by atoms with Crippen LogP contribution in [0.15, 0.2) is 12.2 Å². The van der Waals surface area contributed by atoms with Gasteiger partial charge in [0.1, 0.15) is 0 Å². The molecule has 30 heavy (non-hydrogen) atoms. The molecule has 10 atom stereocenters. The zero-order valence-corrected chi connectivity index (χ0v) is 20.9. The molecule has 0 aliphatic heterocycles. The van der Waals surface area contributed by atoms with Gasteiger partial charge in [0.15, 0.2) is 0 Å². The van der Waals surface area contributed by atoms with E-state index in [-0.39, 0.29) is 6.10 Å². The predicted octanol–water partition coefficient (Wildman–Crippen LogP) is 7.88. The number of hydrogen-bond acceptors (Lipinski definition) is 1. The second kappa shape index (κ2) is 8.57. The molecule has 0 amide bonds. The molecule has 172 valence electrons. The minimum atomic E-state index is -0.0187.